The molecule has 2 nitrogen and oxygen atoms in total. The van der Waals surface area contributed by atoms with Crippen LogP contribution in [0.25, 0.3) is 0 Å². The third kappa shape index (κ3) is 2.73. The van der Waals surface area contributed by atoms with E-state index < -0.39 is 5.82 Å². The van der Waals surface area contributed by atoms with Crippen LogP contribution in [0.15, 0.2) is 36.4 Å². The van der Waals surface area contributed by atoms with Crippen molar-refractivity contribution in [3.8, 4) is 6.07 Å². The highest BCUT2D eigenvalue weighted by atomic mass is 35.5. The second-order valence-electron chi connectivity index (χ2n) is 3.55. The Morgan fingerprint density at radius 1 is 1.06 bits per heavy atom. The molecule has 0 unspecified atom stereocenters. The number of rotatable bonds is 2. The van der Waals surface area contributed by atoms with Gasteiger partial charge >= 0.3 is 0 Å². The summed E-state index contributed by atoms with van der Waals surface area (Å²) in [7, 11) is 0. The molecule has 0 heterocycles. The average Bonchev–Trinajstić information content (AvgIpc) is 2.36. The molecule has 18 heavy (non-hydrogen) atoms. The summed E-state index contributed by atoms with van der Waals surface area (Å²) < 4.78 is 13.1. The summed E-state index contributed by atoms with van der Waals surface area (Å²) in [6.07, 6.45) is 0. The van der Waals surface area contributed by atoms with Crippen LogP contribution < -0.4 is 5.32 Å². The first-order chi connectivity index (χ1) is 8.60. The van der Waals surface area contributed by atoms with Gasteiger partial charge in [0.2, 0.25) is 0 Å². The Kier molecular flexibility index (Phi) is 3.71. The van der Waals surface area contributed by atoms with Gasteiger partial charge in [-0.25, -0.2) is 4.39 Å². The van der Waals surface area contributed by atoms with Crippen LogP contribution in [0.2, 0.25) is 10.0 Å². The molecule has 0 aliphatic heterocycles. The lowest BCUT2D eigenvalue weighted by atomic mass is 10.2. The Morgan fingerprint density at radius 3 is 2.56 bits per heavy atom. The van der Waals surface area contributed by atoms with Crippen molar-refractivity contribution in [3.63, 3.8) is 0 Å². The molecule has 0 saturated carbocycles. The van der Waals surface area contributed by atoms with Gasteiger partial charge in [-0.15, -0.1) is 0 Å². The summed E-state index contributed by atoms with van der Waals surface area (Å²) in [5, 5.41) is 12.7. The van der Waals surface area contributed by atoms with Gasteiger partial charge in [0.1, 0.15) is 11.9 Å². The Bertz CT molecular complexity index is 635. The molecule has 0 fully saturated rings. The summed E-state index contributed by atoms with van der Waals surface area (Å²) in [4.78, 5) is 0. The number of hydrogen-bond acceptors (Lipinski definition) is 2. The van der Waals surface area contributed by atoms with Crippen molar-refractivity contribution in [3.05, 3.63) is 57.8 Å². The van der Waals surface area contributed by atoms with Crippen molar-refractivity contribution in [2.75, 3.05) is 5.32 Å². The largest absolute Gasteiger partial charge is 0.353 e. The maximum atomic E-state index is 13.1. The van der Waals surface area contributed by atoms with Gasteiger partial charge in [0.15, 0.2) is 0 Å². The lowest BCUT2D eigenvalue weighted by Gasteiger charge is -2.10. The average molecular weight is 281 g/mol. The predicted octanol–water partition coefficient (Wildman–Crippen LogP) is 4.75. The molecule has 0 aliphatic carbocycles. The van der Waals surface area contributed by atoms with Crippen LogP contribution >= 0.6 is 23.2 Å². The first-order valence-electron chi connectivity index (χ1n) is 5.02. The second-order valence-corrected chi connectivity index (χ2v) is 4.39. The third-order valence-electron chi connectivity index (χ3n) is 2.30. The SMILES string of the molecule is N#Cc1cc(Cl)ccc1Nc1cc(F)ccc1Cl. The van der Waals surface area contributed by atoms with Crippen molar-refractivity contribution >= 4 is 34.6 Å². The van der Waals surface area contributed by atoms with E-state index in [-0.39, 0.29) is 0 Å². The van der Waals surface area contributed by atoms with E-state index >= 15 is 0 Å². The van der Waals surface area contributed by atoms with Gasteiger partial charge in [0.25, 0.3) is 0 Å². The molecule has 2 aromatic carbocycles. The number of halogens is 3. The van der Waals surface area contributed by atoms with Crippen molar-refractivity contribution in [1.82, 2.24) is 0 Å². The van der Waals surface area contributed by atoms with E-state index in [1.54, 1.807) is 12.1 Å². The monoisotopic (exact) mass is 280 g/mol. The smallest absolute Gasteiger partial charge is 0.125 e. The van der Waals surface area contributed by atoms with Gasteiger partial charge < -0.3 is 5.32 Å². The highest BCUT2D eigenvalue weighted by Crippen LogP contribution is 2.28. The van der Waals surface area contributed by atoms with Crippen LogP contribution in [0.1, 0.15) is 5.56 Å². The minimum atomic E-state index is -0.408. The number of nitrogens with zero attached hydrogens (tertiary/aromatic N) is 1. The summed E-state index contributed by atoms with van der Waals surface area (Å²) in [5.41, 5.74) is 1.28. The van der Waals surface area contributed by atoms with Crippen LogP contribution in [0.5, 0.6) is 0 Å². The number of nitriles is 1. The van der Waals surface area contributed by atoms with Gasteiger partial charge in [-0.3, -0.25) is 0 Å². The maximum absolute atomic E-state index is 13.1. The van der Waals surface area contributed by atoms with E-state index in [0.29, 0.717) is 27.0 Å². The molecule has 0 aliphatic rings. The van der Waals surface area contributed by atoms with Gasteiger partial charge in [-0.2, -0.15) is 5.26 Å². The summed E-state index contributed by atoms with van der Waals surface area (Å²) in [5.74, 6) is -0.408. The van der Waals surface area contributed by atoms with Crippen molar-refractivity contribution in [1.29, 1.82) is 5.26 Å². The van der Waals surface area contributed by atoms with Gasteiger partial charge in [0, 0.05) is 5.02 Å². The minimum absolute atomic E-state index is 0.364. The van der Waals surface area contributed by atoms with Crippen LogP contribution in [0, 0.1) is 17.1 Å². The topological polar surface area (TPSA) is 35.8 Å². The van der Waals surface area contributed by atoms with E-state index in [4.69, 9.17) is 28.5 Å². The Balaban J connectivity index is 2.40. The van der Waals surface area contributed by atoms with E-state index in [1.807, 2.05) is 6.07 Å². The van der Waals surface area contributed by atoms with Crippen LogP contribution in [-0.4, -0.2) is 0 Å². The Hall–Kier alpha value is -1.76. The van der Waals surface area contributed by atoms with E-state index in [9.17, 15) is 4.39 Å². The number of hydrogen-bond donors (Lipinski definition) is 1. The molecule has 5 heteroatoms. The third-order valence-corrected chi connectivity index (χ3v) is 2.86. The van der Waals surface area contributed by atoms with E-state index in [1.165, 1.54) is 24.3 Å². The van der Waals surface area contributed by atoms with Crippen LogP contribution in [0.4, 0.5) is 15.8 Å². The molecule has 0 aromatic heterocycles. The second kappa shape index (κ2) is 5.26. The molecular weight excluding hydrogens is 274 g/mol. The maximum Gasteiger partial charge on any atom is 0.125 e. The Labute approximate surface area is 114 Å². The van der Waals surface area contributed by atoms with Crippen LogP contribution in [0.3, 0.4) is 0 Å². The molecule has 2 rings (SSSR count). The number of anilines is 2. The number of nitrogens with one attached hydrogen (secondary N) is 1. The fraction of sp³-hybridized carbons (Fsp3) is 0. The normalized spacial score (nSPS) is 9.89. The number of benzene rings is 2. The van der Waals surface area contributed by atoms with Crippen molar-refractivity contribution in [2.45, 2.75) is 0 Å². The van der Waals surface area contributed by atoms with E-state index in [2.05, 4.69) is 5.32 Å². The minimum Gasteiger partial charge on any atom is -0.353 e. The lowest BCUT2D eigenvalue weighted by molar-refractivity contribution is 0.628. The quantitative estimate of drug-likeness (QED) is 0.862. The predicted molar refractivity (Wildman–Crippen MR) is 70.9 cm³/mol. The molecular formula is C13H7Cl2FN2. The summed E-state index contributed by atoms with van der Waals surface area (Å²) >= 11 is 11.7. The summed E-state index contributed by atoms with van der Waals surface area (Å²) in [6.45, 7) is 0. The molecule has 0 radical (unpaired) electrons. The van der Waals surface area contributed by atoms with Gasteiger partial charge in [0.05, 0.1) is 22.0 Å². The highest BCUT2D eigenvalue weighted by molar-refractivity contribution is 6.33. The zero-order chi connectivity index (χ0) is 13.1. The lowest BCUT2D eigenvalue weighted by Crippen LogP contribution is -1.95. The first kappa shape index (κ1) is 12.7. The molecule has 1 N–H and O–H groups in total. The van der Waals surface area contributed by atoms with Crippen molar-refractivity contribution < 1.29 is 4.39 Å². The Morgan fingerprint density at radius 2 is 1.83 bits per heavy atom. The van der Waals surface area contributed by atoms with Gasteiger partial charge in [-0.1, -0.05) is 23.2 Å². The van der Waals surface area contributed by atoms with Crippen molar-refractivity contribution in [2.24, 2.45) is 0 Å². The van der Waals surface area contributed by atoms with Crippen LogP contribution in [-0.2, 0) is 0 Å². The molecule has 0 spiro atoms. The molecule has 0 saturated heterocycles. The van der Waals surface area contributed by atoms with Gasteiger partial charge in [-0.05, 0) is 36.4 Å². The highest BCUT2D eigenvalue weighted by Gasteiger charge is 2.07. The fourth-order valence-corrected chi connectivity index (χ4v) is 1.79. The molecule has 90 valence electrons. The first-order valence-corrected chi connectivity index (χ1v) is 5.77. The molecule has 0 amide bonds. The van der Waals surface area contributed by atoms with E-state index in [0.717, 1.165) is 0 Å². The summed E-state index contributed by atoms with van der Waals surface area (Å²) in [6, 6.07) is 10.8. The molecule has 2 aromatic rings. The molecule has 0 atom stereocenters. The molecule has 0 bridgehead atoms. The zero-order valence-corrected chi connectivity index (χ0v) is 10.6. The fourth-order valence-electron chi connectivity index (χ4n) is 1.46. The standard InChI is InChI=1S/C13H7Cl2FN2/c14-9-1-4-12(8(5-9)7-17)18-13-6-10(16)2-3-11(13)15/h1-6,18H. The zero-order valence-electron chi connectivity index (χ0n) is 9.05.